The minimum Gasteiger partial charge on any atom is -0.353 e. The van der Waals surface area contributed by atoms with Gasteiger partial charge in [0.05, 0.1) is 17.7 Å². The van der Waals surface area contributed by atoms with E-state index in [4.69, 9.17) is 14.3 Å². The first-order valence-electron chi connectivity index (χ1n) is 9.11. The van der Waals surface area contributed by atoms with E-state index in [-0.39, 0.29) is 6.29 Å². The van der Waals surface area contributed by atoms with Gasteiger partial charge in [0, 0.05) is 38.6 Å². The Labute approximate surface area is 157 Å². The first-order chi connectivity index (χ1) is 12.3. The zero-order valence-electron chi connectivity index (χ0n) is 14.5. The van der Waals surface area contributed by atoms with Gasteiger partial charge in [0.2, 0.25) is 5.95 Å². The molecule has 0 radical (unpaired) electrons. The molecule has 2 aliphatic rings. The molecule has 1 unspecified atom stereocenters. The molecule has 0 bridgehead atoms. The Hall–Kier alpha value is -0.800. The van der Waals surface area contributed by atoms with Crippen LogP contribution in [-0.2, 0) is 14.3 Å². The fourth-order valence-electron chi connectivity index (χ4n) is 3.12. The summed E-state index contributed by atoms with van der Waals surface area (Å²) >= 11 is 3.37. The number of hydrogen-bond acceptors (Lipinski definition) is 7. The molecule has 2 aliphatic heterocycles. The highest BCUT2D eigenvalue weighted by molar-refractivity contribution is 9.10. The Morgan fingerprint density at radius 3 is 2.68 bits per heavy atom. The fourth-order valence-corrected chi connectivity index (χ4v) is 3.32. The van der Waals surface area contributed by atoms with Crippen LogP contribution in [0.25, 0.3) is 0 Å². The van der Waals surface area contributed by atoms with Gasteiger partial charge in [0.25, 0.3) is 0 Å². The number of nitrogens with zero attached hydrogens (tertiary/aromatic N) is 3. The summed E-state index contributed by atoms with van der Waals surface area (Å²) in [5.41, 5.74) is 3.08. The fraction of sp³-hybridized carbons (Fsp3) is 0.765. The monoisotopic (exact) mass is 414 g/mol. The second kappa shape index (κ2) is 10.4. The van der Waals surface area contributed by atoms with Crippen LogP contribution in [0, 0.1) is 5.92 Å². The summed E-state index contributed by atoms with van der Waals surface area (Å²) in [5.74, 6) is 1.43. The number of hydroxylamine groups is 1. The van der Waals surface area contributed by atoms with E-state index in [0.717, 1.165) is 62.3 Å². The van der Waals surface area contributed by atoms with E-state index < -0.39 is 0 Å². The molecule has 0 aromatic carbocycles. The van der Waals surface area contributed by atoms with Crippen LogP contribution < -0.4 is 10.4 Å². The van der Waals surface area contributed by atoms with E-state index in [1.165, 1.54) is 6.42 Å². The highest BCUT2D eigenvalue weighted by atomic mass is 79.9. The van der Waals surface area contributed by atoms with Crippen LogP contribution in [0.4, 0.5) is 5.95 Å². The standard InChI is InChI=1S/C17H27BrN4O3/c18-15-12-19-17(20-13-15)22-6-4-14(5-7-22)11-21-25-10-9-24-16-3-1-2-8-23-16/h12-14,16,21H,1-11H2. The molecule has 2 fully saturated rings. The highest BCUT2D eigenvalue weighted by Gasteiger charge is 2.20. The van der Waals surface area contributed by atoms with Crippen molar-refractivity contribution in [3.63, 3.8) is 0 Å². The van der Waals surface area contributed by atoms with Crippen LogP contribution in [0.1, 0.15) is 32.1 Å². The summed E-state index contributed by atoms with van der Waals surface area (Å²) in [6.07, 6.45) is 9.10. The Morgan fingerprint density at radius 2 is 1.96 bits per heavy atom. The topological polar surface area (TPSA) is 68.7 Å². The summed E-state index contributed by atoms with van der Waals surface area (Å²) < 4.78 is 12.1. The lowest BCUT2D eigenvalue weighted by atomic mass is 9.97. The average molecular weight is 415 g/mol. The number of halogens is 1. The third kappa shape index (κ3) is 6.45. The Bertz CT molecular complexity index is 491. The van der Waals surface area contributed by atoms with E-state index in [1.54, 1.807) is 12.4 Å². The number of piperidine rings is 1. The third-order valence-electron chi connectivity index (χ3n) is 4.61. The zero-order chi connectivity index (χ0) is 17.3. The molecular formula is C17H27BrN4O3. The van der Waals surface area contributed by atoms with Gasteiger partial charge in [-0.2, -0.15) is 0 Å². The van der Waals surface area contributed by atoms with Crippen molar-refractivity contribution in [1.29, 1.82) is 0 Å². The lowest BCUT2D eigenvalue weighted by Crippen LogP contribution is -2.38. The average Bonchev–Trinajstić information content (AvgIpc) is 2.67. The summed E-state index contributed by atoms with van der Waals surface area (Å²) in [5, 5.41) is 0. The summed E-state index contributed by atoms with van der Waals surface area (Å²) in [7, 11) is 0. The number of aromatic nitrogens is 2. The van der Waals surface area contributed by atoms with Crippen LogP contribution >= 0.6 is 15.9 Å². The smallest absolute Gasteiger partial charge is 0.225 e. The summed E-state index contributed by atoms with van der Waals surface area (Å²) in [6.45, 7) is 4.76. The van der Waals surface area contributed by atoms with Crippen molar-refractivity contribution < 1.29 is 14.3 Å². The first kappa shape index (κ1) is 19.0. The molecule has 0 aliphatic carbocycles. The van der Waals surface area contributed by atoms with E-state index in [2.05, 4.69) is 36.3 Å². The van der Waals surface area contributed by atoms with E-state index in [0.29, 0.717) is 19.1 Å². The maximum absolute atomic E-state index is 5.64. The highest BCUT2D eigenvalue weighted by Crippen LogP contribution is 2.20. The molecule has 1 aromatic rings. The van der Waals surface area contributed by atoms with Crippen molar-refractivity contribution in [2.24, 2.45) is 5.92 Å². The maximum atomic E-state index is 5.64. The van der Waals surface area contributed by atoms with Gasteiger partial charge in [-0.3, -0.25) is 4.84 Å². The van der Waals surface area contributed by atoms with Crippen molar-refractivity contribution in [3.05, 3.63) is 16.9 Å². The van der Waals surface area contributed by atoms with Crippen molar-refractivity contribution in [2.75, 3.05) is 44.4 Å². The number of anilines is 1. The molecule has 8 heteroatoms. The molecule has 1 aromatic heterocycles. The van der Waals surface area contributed by atoms with Gasteiger partial charge in [0.15, 0.2) is 6.29 Å². The number of ether oxygens (including phenoxy) is 2. The third-order valence-corrected chi connectivity index (χ3v) is 5.01. The van der Waals surface area contributed by atoms with Gasteiger partial charge in [-0.1, -0.05) is 0 Å². The normalized spacial score (nSPS) is 22.3. The molecule has 7 nitrogen and oxygen atoms in total. The molecule has 3 rings (SSSR count). The van der Waals surface area contributed by atoms with Gasteiger partial charge < -0.3 is 14.4 Å². The predicted molar refractivity (Wildman–Crippen MR) is 98.2 cm³/mol. The van der Waals surface area contributed by atoms with Gasteiger partial charge in [-0.15, -0.1) is 0 Å². The maximum Gasteiger partial charge on any atom is 0.225 e. The molecule has 0 amide bonds. The van der Waals surface area contributed by atoms with Crippen LogP contribution in [-0.4, -0.2) is 55.7 Å². The number of nitrogens with one attached hydrogen (secondary N) is 1. The van der Waals surface area contributed by atoms with Crippen LogP contribution in [0.3, 0.4) is 0 Å². The molecule has 2 saturated heterocycles. The van der Waals surface area contributed by atoms with E-state index in [9.17, 15) is 0 Å². The Morgan fingerprint density at radius 1 is 1.16 bits per heavy atom. The first-order valence-corrected chi connectivity index (χ1v) is 9.91. The van der Waals surface area contributed by atoms with Gasteiger partial charge in [-0.05, 0) is 54.0 Å². The largest absolute Gasteiger partial charge is 0.353 e. The SMILES string of the molecule is Brc1cnc(N2CCC(CNOCCOC3CCCCO3)CC2)nc1. The van der Waals surface area contributed by atoms with Crippen molar-refractivity contribution in [1.82, 2.24) is 15.4 Å². The molecule has 0 saturated carbocycles. The Balaban J connectivity index is 1.22. The quantitative estimate of drug-likeness (QED) is 0.517. The van der Waals surface area contributed by atoms with E-state index >= 15 is 0 Å². The number of rotatable bonds is 8. The predicted octanol–water partition coefficient (Wildman–Crippen LogP) is 2.52. The summed E-state index contributed by atoms with van der Waals surface area (Å²) in [4.78, 5) is 16.4. The van der Waals surface area contributed by atoms with E-state index in [1.807, 2.05) is 0 Å². The van der Waals surface area contributed by atoms with Crippen LogP contribution in [0.2, 0.25) is 0 Å². The molecule has 0 spiro atoms. The number of hydrogen-bond donors (Lipinski definition) is 1. The van der Waals surface area contributed by atoms with Gasteiger partial charge in [0.1, 0.15) is 0 Å². The van der Waals surface area contributed by atoms with Gasteiger partial charge >= 0.3 is 0 Å². The minimum atomic E-state index is -0.0393. The van der Waals surface area contributed by atoms with Crippen molar-refractivity contribution >= 4 is 21.9 Å². The second-order valence-electron chi connectivity index (χ2n) is 6.50. The molecule has 140 valence electrons. The Kier molecular flexibility index (Phi) is 7.87. The van der Waals surface area contributed by atoms with Gasteiger partial charge in [-0.25, -0.2) is 15.4 Å². The van der Waals surface area contributed by atoms with Crippen molar-refractivity contribution in [3.8, 4) is 0 Å². The molecule has 1 N–H and O–H groups in total. The second-order valence-corrected chi connectivity index (χ2v) is 7.41. The lowest BCUT2D eigenvalue weighted by Gasteiger charge is -2.31. The summed E-state index contributed by atoms with van der Waals surface area (Å²) in [6, 6.07) is 0. The lowest BCUT2D eigenvalue weighted by molar-refractivity contribution is -0.172. The molecule has 25 heavy (non-hydrogen) atoms. The minimum absolute atomic E-state index is 0.0393. The molecule has 3 heterocycles. The van der Waals surface area contributed by atoms with Crippen LogP contribution in [0.5, 0.6) is 0 Å². The molecule has 1 atom stereocenters. The zero-order valence-corrected chi connectivity index (χ0v) is 16.1. The van der Waals surface area contributed by atoms with Crippen LogP contribution in [0.15, 0.2) is 16.9 Å². The molecular weight excluding hydrogens is 388 g/mol. The van der Waals surface area contributed by atoms with Crippen molar-refractivity contribution in [2.45, 2.75) is 38.4 Å².